The van der Waals surface area contributed by atoms with Gasteiger partial charge >= 0.3 is 0 Å². The fourth-order valence-corrected chi connectivity index (χ4v) is 2.91. The van der Waals surface area contributed by atoms with Gasteiger partial charge in [0.2, 0.25) is 5.91 Å². The van der Waals surface area contributed by atoms with Gasteiger partial charge < -0.3 is 5.32 Å². The third kappa shape index (κ3) is 3.15. The lowest BCUT2D eigenvalue weighted by molar-refractivity contribution is -0.124. The molecule has 1 atom stereocenters. The van der Waals surface area contributed by atoms with E-state index in [1.165, 1.54) is 0 Å². The Balaban J connectivity index is 2.14. The molecule has 1 aromatic heterocycles. The average Bonchev–Trinajstić information content (AvgIpc) is 2.93. The molecule has 0 aliphatic carbocycles. The molecule has 124 valence electrons. The van der Waals surface area contributed by atoms with E-state index < -0.39 is 6.04 Å². The van der Waals surface area contributed by atoms with Crippen LogP contribution in [-0.2, 0) is 4.79 Å². The summed E-state index contributed by atoms with van der Waals surface area (Å²) in [7, 11) is 0. The number of amides is 1. The number of benzene rings is 2. The van der Waals surface area contributed by atoms with Crippen LogP contribution in [0.2, 0.25) is 5.02 Å². The second-order valence-corrected chi connectivity index (χ2v) is 6.60. The summed E-state index contributed by atoms with van der Waals surface area (Å²) in [5, 5.41) is 9.26. The van der Waals surface area contributed by atoms with Crippen molar-refractivity contribution in [3.05, 3.63) is 53.6 Å². The number of aromatic nitrogens is 2. The Hall–Kier alpha value is -2.33. The number of nitrogens with one attached hydrogen (secondary N) is 1. The Bertz CT molecular complexity index is 871. The van der Waals surface area contributed by atoms with E-state index in [1.807, 2.05) is 69.3 Å². The highest BCUT2D eigenvalue weighted by Gasteiger charge is 2.21. The molecule has 0 saturated heterocycles. The Morgan fingerprint density at radius 2 is 1.83 bits per heavy atom. The Morgan fingerprint density at radius 3 is 2.50 bits per heavy atom. The van der Waals surface area contributed by atoms with Crippen molar-refractivity contribution in [1.82, 2.24) is 15.1 Å². The van der Waals surface area contributed by atoms with E-state index in [0.717, 1.165) is 22.2 Å². The molecule has 0 saturated carbocycles. The fourth-order valence-electron chi connectivity index (χ4n) is 2.73. The van der Waals surface area contributed by atoms with Gasteiger partial charge in [-0.1, -0.05) is 41.9 Å². The van der Waals surface area contributed by atoms with Crippen molar-refractivity contribution in [2.75, 3.05) is 0 Å². The van der Waals surface area contributed by atoms with E-state index in [0.29, 0.717) is 5.02 Å². The number of nitrogens with zero attached hydrogens (tertiary/aromatic N) is 2. The molecule has 3 aromatic rings. The molecule has 0 radical (unpaired) electrons. The van der Waals surface area contributed by atoms with Crippen molar-refractivity contribution in [2.45, 2.75) is 32.9 Å². The summed E-state index contributed by atoms with van der Waals surface area (Å²) in [5.74, 6) is -0.0519. The zero-order valence-corrected chi connectivity index (χ0v) is 14.7. The molecule has 0 aliphatic heterocycles. The summed E-state index contributed by atoms with van der Waals surface area (Å²) >= 11 is 6.18. The predicted octanol–water partition coefficient (Wildman–Crippen LogP) is 4.44. The van der Waals surface area contributed by atoms with Gasteiger partial charge in [0.05, 0.1) is 5.52 Å². The molecule has 0 fully saturated rings. The number of fused-ring (bicyclic) bond motifs is 1. The molecule has 0 aliphatic rings. The van der Waals surface area contributed by atoms with Crippen molar-refractivity contribution >= 4 is 28.4 Å². The quantitative estimate of drug-likeness (QED) is 0.762. The van der Waals surface area contributed by atoms with Crippen LogP contribution in [0.15, 0.2) is 48.5 Å². The second-order valence-electron chi connectivity index (χ2n) is 6.16. The Kier molecular flexibility index (Phi) is 4.58. The lowest BCUT2D eigenvalue weighted by Crippen LogP contribution is -2.36. The smallest absolute Gasteiger partial charge is 0.244 e. The van der Waals surface area contributed by atoms with Crippen LogP contribution in [0.4, 0.5) is 0 Å². The van der Waals surface area contributed by atoms with Crippen molar-refractivity contribution in [3.63, 3.8) is 0 Å². The minimum absolute atomic E-state index is 0.0519. The van der Waals surface area contributed by atoms with E-state index in [-0.39, 0.29) is 11.9 Å². The maximum atomic E-state index is 12.4. The van der Waals surface area contributed by atoms with Gasteiger partial charge in [-0.2, -0.15) is 5.10 Å². The maximum absolute atomic E-state index is 12.4. The van der Waals surface area contributed by atoms with Crippen LogP contribution in [0.5, 0.6) is 0 Å². The molecule has 1 amide bonds. The molecule has 24 heavy (non-hydrogen) atoms. The van der Waals surface area contributed by atoms with Crippen LogP contribution < -0.4 is 5.32 Å². The number of carbonyl (C=O) groups is 1. The van der Waals surface area contributed by atoms with Crippen LogP contribution in [0.1, 0.15) is 26.8 Å². The van der Waals surface area contributed by atoms with Crippen LogP contribution in [-0.4, -0.2) is 21.7 Å². The third-order valence-corrected chi connectivity index (χ3v) is 4.13. The van der Waals surface area contributed by atoms with Crippen LogP contribution in [0, 0.1) is 0 Å². The largest absolute Gasteiger partial charge is 0.352 e. The lowest BCUT2D eigenvalue weighted by atomic mass is 10.1. The molecular weight excluding hydrogens is 322 g/mol. The number of carbonyl (C=O) groups excluding carboxylic acids is 1. The first kappa shape index (κ1) is 16.5. The van der Waals surface area contributed by atoms with Gasteiger partial charge in [-0.3, -0.25) is 9.48 Å². The SMILES string of the molecule is CC(C)NC(=O)[C@H](C)n1nc(-c2ccccc2)c2cc(Cl)ccc21. The highest BCUT2D eigenvalue weighted by atomic mass is 35.5. The minimum Gasteiger partial charge on any atom is -0.352 e. The zero-order valence-electron chi connectivity index (χ0n) is 14.0. The normalized spacial score (nSPS) is 12.5. The topological polar surface area (TPSA) is 46.9 Å². The van der Waals surface area contributed by atoms with Gasteiger partial charge in [0.25, 0.3) is 0 Å². The minimum atomic E-state index is -0.409. The Morgan fingerprint density at radius 1 is 1.12 bits per heavy atom. The average molecular weight is 342 g/mol. The highest BCUT2D eigenvalue weighted by molar-refractivity contribution is 6.31. The summed E-state index contributed by atoms with van der Waals surface area (Å²) in [6.45, 7) is 5.75. The van der Waals surface area contributed by atoms with E-state index in [1.54, 1.807) is 4.68 Å². The summed E-state index contributed by atoms with van der Waals surface area (Å²) < 4.78 is 1.77. The molecular formula is C19H20ClN3O. The van der Waals surface area contributed by atoms with E-state index in [4.69, 9.17) is 16.7 Å². The second kappa shape index (κ2) is 6.65. The van der Waals surface area contributed by atoms with Crippen LogP contribution in [0.25, 0.3) is 22.2 Å². The molecule has 2 aromatic carbocycles. The van der Waals surface area contributed by atoms with E-state index in [2.05, 4.69) is 5.32 Å². The van der Waals surface area contributed by atoms with Crippen LogP contribution >= 0.6 is 11.6 Å². The summed E-state index contributed by atoms with van der Waals surface area (Å²) in [5.41, 5.74) is 2.72. The molecule has 3 rings (SSSR count). The summed E-state index contributed by atoms with van der Waals surface area (Å²) in [4.78, 5) is 12.4. The fraction of sp³-hybridized carbons (Fsp3) is 0.263. The molecule has 0 spiro atoms. The third-order valence-electron chi connectivity index (χ3n) is 3.89. The molecule has 0 unspecified atom stereocenters. The molecule has 1 heterocycles. The first-order valence-corrected chi connectivity index (χ1v) is 8.38. The monoisotopic (exact) mass is 341 g/mol. The van der Waals surface area contributed by atoms with Gasteiger partial charge in [0.15, 0.2) is 0 Å². The van der Waals surface area contributed by atoms with Crippen molar-refractivity contribution < 1.29 is 4.79 Å². The van der Waals surface area contributed by atoms with Crippen molar-refractivity contribution in [1.29, 1.82) is 0 Å². The first-order chi connectivity index (χ1) is 11.5. The standard InChI is InChI=1S/C19H20ClN3O/c1-12(2)21-19(24)13(3)23-17-10-9-15(20)11-16(17)18(22-23)14-7-5-4-6-8-14/h4-13H,1-3H3,(H,21,24)/t13-/m0/s1. The van der Waals surface area contributed by atoms with E-state index >= 15 is 0 Å². The molecule has 0 bridgehead atoms. The van der Waals surface area contributed by atoms with Gasteiger partial charge in [-0.15, -0.1) is 0 Å². The van der Waals surface area contributed by atoms with E-state index in [9.17, 15) is 4.79 Å². The summed E-state index contributed by atoms with van der Waals surface area (Å²) in [6.07, 6.45) is 0. The molecule has 1 N–H and O–H groups in total. The number of hydrogen-bond acceptors (Lipinski definition) is 2. The van der Waals surface area contributed by atoms with Crippen molar-refractivity contribution in [2.24, 2.45) is 0 Å². The van der Waals surface area contributed by atoms with Gasteiger partial charge in [-0.25, -0.2) is 0 Å². The Labute approximate surface area is 146 Å². The number of halogens is 1. The summed E-state index contributed by atoms with van der Waals surface area (Å²) in [6, 6.07) is 15.2. The first-order valence-electron chi connectivity index (χ1n) is 8.01. The highest BCUT2D eigenvalue weighted by Crippen LogP contribution is 2.31. The van der Waals surface area contributed by atoms with Crippen LogP contribution in [0.3, 0.4) is 0 Å². The molecule has 4 nitrogen and oxygen atoms in total. The van der Waals surface area contributed by atoms with Crippen molar-refractivity contribution in [3.8, 4) is 11.3 Å². The zero-order chi connectivity index (χ0) is 17.3. The maximum Gasteiger partial charge on any atom is 0.244 e. The molecule has 5 heteroatoms. The van der Waals surface area contributed by atoms with Gasteiger partial charge in [-0.05, 0) is 39.0 Å². The lowest BCUT2D eigenvalue weighted by Gasteiger charge is -2.15. The van der Waals surface area contributed by atoms with Gasteiger partial charge in [0.1, 0.15) is 11.7 Å². The number of rotatable bonds is 4. The number of hydrogen-bond donors (Lipinski definition) is 1. The predicted molar refractivity (Wildman–Crippen MR) is 98.2 cm³/mol. The van der Waals surface area contributed by atoms with Gasteiger partial charge in [0, 0.05) is 22.0 Å².